The third-order valence-corrected chi connectivity index (χ3v) is 3.62. The summed E-state index contributed by atoms with van der Waals surface area (Å²) in [5.74, 6) is 0.274. The zero-order valence-corrected chi connectivity index (χ0v) is 9.76. The summed E-state index contributed by atoms with van der Waals surface area (Å²) < 4.78 is 0. The molecule has 0 N–H and O–H groups in total. The highest BCUT2D eigenvalue weighted by Crippen LogP contribution is 2.41. The van der Waals surface area contributed by atoms with Gasteiger partial charge in [0.15, 0.2) is 5.78 Å². The van der Waals surface area contributed by atoms with Gasteiger partial charge in [0.25, 0.3) is 0 Å². The van der Waals surface area contributed by atoms with Gasteiger partial charge in [0.2, 0.25) is 0 Å². The van der Waals surface area contributed by atoms with E-state index in [9.17, 15) is 4.79 Å². The highest BCUT2D eigenvalue weighted by molar-refractivity contribution is 5.98. The lowest BCUT2D eigenvalue weighted by Crippen LogP contribution is -2.10. The van der Waals surface area contributed by atoms with Crippen molar-refractivity contribution in [3.8, 4) is 0 Å². The van der Waals surface area contributed by atoms with Crippen LogP contribution in [0.4, 0.5) is 0 Å². The van der Waals surface area contributed by atoms with Gasteiger partial charge in [-0.1, -0.05) is 61.5 Å². The maximum Gasteiger partial charge on any atom is 0.151 e. The SMILES string of the molecule is CC1C(=O)C(c2ccccc2)c2ccccc21. The van der Waals surface area contributed by atoms with Crippen molar-refractivity contribution in [2.75, 3.05) is 0 Å². The van der Waals surface area contributed by atoms with Crippen molar-refractivity contribution in [3.05, 3.63) is 71.3 Å². The van der Waals surface area contributed by atoms with Crippen LogP contribution in [0.3, 0.4) is 0 Å². The summed E-state index contributed by atoms with van der Waals surface area (Å²) in [6.07, 6.45) is 0. The molecule has 84 valence electrons. The summed E-state index contributed by atoms with van der Waals surface area (Å²) in [5, 5.41) is 0. The highest BCUT2D eigenvalue weighted by atomic mass is 16.1. The standard InChI is InChI=1S/C16H14O/c1-11-13-9-5-6-10-14(13)15(16(11)17)12-7-3-2-4-8-12/h2-11,15H,1H3. The number of benzene rings is 2. The predicted octanol–water partition coefficient (Wildman–Crippen LogP) is 3.50. The van der Waals surface area contributed by atoms with Crippen LogP contribution in [0.1, 0.15) is 35.4 Å². The minimum atomic E-state index is -0.0672. The molecule has 0 aliphatic heterocycles. The van der Waals surface area contributed by atoms with Gasteiger partial charge in [0.05, 0.1) is 5.92 Å². The molecule has 1 nitrogen and oxygen atoms in total. The molecule has 2 aromatic carbocycles. The van der Waals surface area contributed by atoms with Crippen molar-refractivity contribution < 1.29 is 4.79 Å². The fourth-order valence-electron chi connectivity index (χ4n) is 2.71. The minimum Gasteiger partial charge on any atom is -0.298 e. The third-order valence-electron chi connectivity index (χ3n) is 3.62. The van der Waals surface area contributed by atoms with Gasteiger partial charge in [0, 0.05) is 5.92 Å². The molecule has 0 radical (unpaired) electrons. The minimum absolute atomic E-state index is 0.0245. The molecule has 1 heteroatoms. The van der Waals surface area contributed by atoms with Gasteiger partial charge < -0.3 is 0 Å². The van der Waals surface area contributed by atoms with Crippen molar-refractivity contribution in [2.24, 2.45) is 0 Å². The van der Waals surface area contributed by atoms with E-state index in [0.717, 1.165) is 5.56 Å². The van der Waals surface area contributed by atoms with Crippen molar-refractivity contribution in [1.82, 2.24) is 0 Å². The molecule has 0 aromatic heterocycles. The smallest absolute Gasteiger partial charge is 0.151 e. The number of hydrogen-bond acceptors (Lipinski definition) is 1. The summed E-state index contributed by atoms with van der Waals surface area (Å²) >= 11 is 0. The lowest BCUT2D eigenvalue weighted by molar-refractivity contribution is -0.119. The number of rotatable bonds is 1. The monoisotopic (exact) mass is 222 g/mol. The molecule has 0 heterocycles. The van der Waals surface area contributed by atoms with Crippen LogP contribution in [0, 0.1) is 0 Å². The fourth-order valence-corrected chi connectivity index (χ4v) is 2.71. The Hall–Kier alpha value is -1.89. The number of hydrogen-bond donors (Lipinski definition) is 0. The largest absolute Gasteiger partial charge is 0.298 e. The first-order chi connectivity index (χ1) is 8.29. The van der Waals surface area contributed by atoms with Gasteiger partial charge in [-0.05, 0) is 16.7 Å². The molecular weight excluding hydrogens is 208 g/mol. The molecular formula is C16H14O. The molecule has 2 unspecified atom stereocenters. The molecule has 1 aliphatic carbocycles. The van der Waals surface area contributed by atoms with Crippen LogP contribution in [0.5, 0.6) is 0 Å². The van der Waals surface area contributed by atoms with Crippen LogP contribution in [-0.4, -0.2) is 5.78 Å². The molecule has 3 rings (SSSR count). The molecule has 0 fully saturated rings. The average Bonchev–Trinajstić information content (AvgIpc) is 2.64. The van der Waals surface area contributed by atoms with Crippen molar-refractivity contribution in [1.29, 1.82) is 0 Å². The molecule has 0 bridgehead atoms. The van der Waals surface area contributed by atoms with E-state index < -0.39 is 0 Å². The number of fused-ring (bicyclic) bond motifs is 1. The summed E-state index contributed by atoms with van der Waals surface area (Å²) in [4.78, 5) is 12.4. The number of Topliss-reactive ketones (excluding diaryl/α,β-unsaturated/α-hetero) is 1. The van der Waals surface area contributed by atoms with Crippen molar-refractivity contribution in [3.63, 3.8) is 0 Å². The zero-order chi connectivity index (χ0) is 11.8. The summed E-state index contributed by atoms with van der Waals surface area (Å²) in [5.41, 5.74) is 3.47. The first kappa shape index (κ1) is 10.3. The Bertz CT molecular complexity index is 557. The first-order valence-corrected chi connectivity index (χ1v) is 5.96. The Morgan fingerprint density at radius 1 is 0.824 bits per heavy atom. The van der Waals surface area contributed by atoms with E-state index in [1.54, 1.807) is 0 Å². The lowest BCUT2D eigenvalue weighted by Gasteiger charge is -2.10. The first-order valence-electron chi connectivity index (χ1n) is 5.96. The molecule has 2 aromatic rings. The second kappa shape index (κ2) is 3.85. The van der Waals surface area contributed by atoms with E-state index in [1.165, 1.54) is 11.1 Å². The summed E-state index contributed by atoms with van der Waals surface area (Å²) in [6, 6.07) is 18.2. The van der Waals surface area contributed by atoms with Crippen LogP contribution >= 0.6 is 0 Å². The van der Waals surface area contributed by atoms with Gasteiger partial charge in [-0.15, -0.1) is 0 Å². The van der Waals surface area contributed by atoms with Crippen LogP contribution in [0.2, 0.25) is 0 Å². The Morgan fingerprint density at radius 3 is 2.12 bits per heavy atom. The number of carbonyl (C=O) groups excluding carboxylic acids is 1. The van der Waals surface area contributed by atoms with E-state index in [1.807, 2.05) is 49.4 Å². The molecule has 0 amide bonds. The van der Waals surface area contributed by atoms with Crippen LogP contribution < -0.4 is 0 Å². The second-order valence-corrected chi connectivity index (χ2v) is 4.60. The molecule has 0 saturated heterocycles. The van der Waals surface area contributed by atoms with E-state index in [-0.39, 0.29) is 11.8 Å². The molecule has 2 atom stereocenters. The van der Waals surface area contributed by atoms with Gasteiger partial charge in [-0.2, -0.15) is 0 Å². The van der Waals surface area contributed by atoms with Crippen molar-refractivity contribution >= 4 is 5.78 Å². The lowest BCUT2D eigenvalue weighted by atomic mass is 9.92. The molecule has 0 saturated carbocycles. The van der Waals surface area contributed by atoms with Gasteiger partial charge >= 0.3 is 0 Å². The Morgan fingerprint density at radius 2 is 1.41 bits per heavy atom. The quantitative estimate of drug-likeness (QED) is 0.721. The van der Waals surface area contributed by atoms with E-state index in [4.69, 9.17) is 0 Å². The Balaban J connectivity index is 2.16. The number of carbonyl (C=O) groups is 1. The fraction of sp³-hybridized carbons (Fsp3) is 0.188. The third kappa shape index (κ3) is 1.50. The normalized spacial score (nSPS) is 22.5. The second-order valence-electron chi connectivity index (χ2n) is 4.60. The van der Waals surface area contributed by atoms with E-state index in [2.05, 4.69) is 12.1 Å². The molecule has 17 heavy (non-hydrogen) atoms. The van der Waals surface area contributed by atoms with Gasteiger partial charge in [-0.3, -0.25) is 4.79 Å². The van der Waals surface area contributed by atoms with Gasteiger partial charge in [0.1, 0.15) is 0 Å². The van der Waals surface area contributed by atoms with E-state index >= 15 is 0 Å². The Kier molecular flexibility index (Phi) is 2.32. The highest BCUT2D eigenvalue weighted by Gasteiger charge is 2.36. The maximum absolute atomic E-state index is 12.4. The van der Waals surface area contributed by atoms with Crippen LogP contribution in [0.25, 0.3) is 0 Å². The van der Waals surface area contributed by atoms with E-state index in [0.29, 0.717) is 5.78 Å². The topological polar surface area (TPSA) is 17.1 Å². The molecule has 0 spiro atoms. The summed E-state index contributed by atoms with van der Waals surface area (Å²) in [7, 11) is 0. The summed E-state index contributed by atoms with van der Waals surface area (Å²) in [6.45, 7) is 2.00. The Labute approximate surface area is 101 Å². The molecule has 1 aliphatic rings. The maximum atomic E-state index is 12.4. The van der Waals surface area contributed by atoms with Crippen molar-refractivity contribution in [2.45, 2.75) is 18.8 Å². The van der Waals surface area contributed by atoms with Crippen LogP contribution in [-0.2, 0) is 4.79 Å². The average molecular weight is 222 g/mol. The zero-order valence-electron chi connectivity index (χ0n) is 9.76. The van der Waals surface area contributed by atoms with Crippen LogP contribution in [0.15, 0.2) is 54.6 Å². The predicted molar refractivity (Wildman–Crippen MR) is 68.1 cm³/mol. The van der Waals surface area contributed by atoms with Gasteiger partial charge in [-0.25, -0.2) is 0 Å². The number of ketones is 1.